The Labute approximate surface area is 125 Å². The number of amides is 2. The number of ether oxygens (including phenoxy) is 1. The lowest BCUT2D eigenvalue weighted by Gasteiger charge is -2.18. The van der Waals surface area contributed by atoms with Crippen LogP contribution in [0.5, 0.6) is 0 Å². The zero-order valence-corrected chi connectivity index (χ0v) is 13.1. The molecule has 0 radical (unpaired) electrons. The van der Waals surface area contributed by atoms with Crippen molar-refractivity contribution in [1.29, 1.82) is 0 Å². The number of carbonyl (C=O) groups excluding carboxylic acids is 2. The van der Waals surface area contributed by atoms with Crippen LogP contribution < -0.4 is 11.1 Å². The Bertz CT molecular complexity index is 512. The minimum atomic E-state index is -0.718. The van der Waals surface area contributed by atoms with Crippen LogP contribution in [0.25, 0.3) is 0 Å². The van der Waals surface area contributed by atoms with E-state index in [9.17, 15) is 9.59 Å². The highest BCUT2D eigenvalue weighted by Crippen LogP contribution is 2.13. The smallest absolute Gasteiger partial charge is 0.329 e. The number of hydrogen-bond donors (Lipinski definition) is 2. The van der Waals surface area contributed by atoms with Crippen molar-refractivity contribution in [2.75, 3.05) is 0 Å². The van der Waals surface area contributed by atoms with Gasteiger partial charge in [-0.3, -0.25) is 0 Å². The molecule has 2 amide bonds. The molecule has 1 atom stereocenters. The van der Waals surface area contributed by atoms with Crippen molar-refractivity contribution in [2.24, 2.45) is 11.7 Å². The number of urea groups is 1. The first-order valence-electron chi connectivity index (χ1n) is 7.08. The Morgan fingerprint density at radius 2 is 1.95 bits per heavy atom. The van der Waals surface area contributed by atoms with Crippen molar-refractivity contribution in [3.63, 3.8) is 0 Å². The van der Waals surface area contributed by atoms with Gasteiger partial charge in [-0.25, -0.2) is 9.59 Å². The fourth-order valence-electron chi connectivity index (χ4n) is 2.06. The lowest BCUT2D eigenvalue weighted by atomic mass is 10.0. The van der Waals surface area contributed by atoms with Gasteiger partial charge in [0.05, 0.1) is 0 Å². The molecular formula is C16H24N2O3. The lowest BCUT2D eigenvalue weighted by Crippen LogP contribution is -2.45. The second-order valence-corrected chi connectivity index (χ2v) is 5.73. The molecule has 0 saturated carbocycles. The van der Waals surface area contributed by atoms with Gasteiger partial charge in [0.25, 0.3) is 0 Å². The molecule has 21 heavy (non-hydrogen) atoms. The van der Waals surface area contributed by atoms with Crippen LogP contribution in [0.2, 0.25) is 0 Å². The third kappa shape index (κ3) is 5.85. The first kappa shape index (κ1) is 17.0. The second kappa shape index (κ2) is 7.67. The Morgan fingerprint density at radius 3 is 2.52 bits per heavy atom. The number of carbonyl (C=O) groups is 2. The maximum atomic E-state index is 12.1. The van der Waals surface area contributed by atoms with Crippen LogP contribution >= 0.6 is 0 Å². The number of nitrogens with two attached hydrogens (primary N) is 1. The number of esters is 1. The molecule has 0 aromatic heterocycles. The predicted octanol–water partition coefficient (Wildman–Crippen LogP) is 2.43. The van der Waals surface area contributed by atoms with E-state index in [1.807, 2.05) is 45.9 Å². The van der Waals surface area contributed by atoms with Crippen LogP contribution in [0, 0.1) is 19.8 Å². The Morgan fingerprint density at radius 1 is 1.29 bits per heavy atom. The minimum absolute atomic E-state index is 0.196. The largest absolute Gasteiger partial charge is 0.459 e. The highest BCUT2D eigenvalue weighted by molar-refractivity contribution is 5.82. The van der Waals surface area contributed by atoms with Crippen LogP contribution in [0.1, 0.15) is 37.0 Å². The van der Waals surface area contributed by atoms with Crippen molar-refractivity contribution in [3.8, 4) is 0 Å². The number of hydrogen-bond acceptors (Lipinski definition) is 3. The molecular weight excluding hydrogens is 268 g/mol. The second-order valence-electron chi connectivity index (χ2n) is 5.73. The van der Waals surface area contributed by atoms with E-state index < -0.39 is 18.0 Å². The Hall–Kier alpha value is -2.04. The molecule has 0 bridgehead atoms. The van der Waals surface area contributed by atoms with E-state index in [0.717, 1.165) is 16.7 Å². The van der Waals surface area contributed by atoms with Crippen molar-refractivity contribution < 1.29 is 14.3 Å². The summed E-state index contributed by atoms with van der Waals surface area (Å²) in [5, 5.41) is 2.44. The highest BCUT2D eigenvalue weighted by atomic mass is 16.5. The van der Waals surface area contributed by atoms with Crippen molar-refractivity contribution in [1.82, 2.24) is 5.32 Å². The highest BCUT2D eigenvalue weighted by Gasteiger charge is 2.22. The zero-order chi connectivity index (χ0) is 16.0. The molecule has 0 saturated heterocycles. The first-order valence-corrected chi connectivity index (χ1v) is 7.08. The van der Waals surface area contributed by atoms with E-state index in [2.05, 4.69) is 5.32 Å². The molecule has 0 spiro atoms. The summed E-state index contributed by atoms with van der Waals surface area (Å²) >= 11 is 0. The van der Waals surface area contributed by atoms with E-state index in [0.29, 0.717) is 6.42 Å². The SMILES string of the molecule is Cc1ccc(C)c(COC(=O)[C@H](CC(C)C)NC(N)=O)c1. The molecule has 0 aliphatic carbocycles. The van der Waals surface area contributed by atoms with Gasteiger partial charge in [0, 0.05) is 0 Å². The topological polar surface area (TPSA) is 81.4 Å². The number of benzene rings is 1. The number of aryl methyl sites for hydroxylation is 2. The summed E-state index contributed by atoms with van der Waals surface area (Å²) in [6.45, 7) is 8.08. The molecule has 5 heteroatoms. The summed E-state index contributed by atoms with van der Waals surface area (Å²) in [7, 11) is 0. The van der Waals surface area contributed by atoms with E-state index in [-0.39, 0.29) is 12.5 Å². The van der Waals surface area contributed by atoms with Gasteiger partial charge in [0.2, 0.25) is 0 Å². The Balaban J connectivity index is 2.68. The summed E-state index contributed by atoms with van der Waals surface area (Å²) in [4.78, 5) is 23.1. The van der Waals surface area contributed by atoms with Gasteiger partial charge in [-0.2, -0.15) is 0 Å². The molecule has 1 rings (SSSR count). The molecule has 0 aliphatic rings. The number of primary amides is 1. The predicted molar refractivity (Wildman–Crippen MR) is 81.7 cm³/mol. The maximum absolute atomic E-state index is 12.1. The van der Waals surface area contributed by atoms with E-state index in [1.54, 1.807) is 0 Å². The molecule has 0 fully saturated rings. The first-order chi connectivity index (χ1) is 9.79. The van der Waals surface area contributed by atoms with Crippen LogP contribution in [-0.2, 0) is 16.1 Å². The molecule has 5 nitrogen and oxygen atoms in total. The van der Waals surface area contributed by atoms with Crippen LogP contribution in [-0.4, -0.2) is 18.0 Å². The minimum Gasteiger partial charge on any atom is -0.459 e. The monoisotopic (exact) mass is 292 g/mol. The van der Waals surface area contributed by atoms with E-state index in [1.165, 1.54) is 0 Å². The molecule has 0 unspecified atom stereocenters. The van der Waals surface area contributed by atoms with Crippen molar-refractivity contribution >= 4 is 12.0 Å². The zero-order valence-electron chi connectivity index (χ0n) is 13.1. The lowest BCUT2D eigenvalue weighted by molar-refractivity contribution is -0.147. The number of nitrogens with one attached hydrogen (secondary N) is 1. The summed E-state index contributed by atoms with van der Waals surface area (Å²) < 4.78 is 5.32. The standard InChI is InChI=1S/C16H24N2O3/c1-10(2)7-14(18-16(17)20)15(19)21-9-13-8-11(3)5-6-12(13)4/h5-6,8,10,14H,7,9H2,1-4H3,(H3,17,18,20)/t14-/m0/s1. The summed E-state index contributed by atoms with van der Waals surface area (Å²) in [6.07, 6.45) is 0.495. The van der Waals surface area contributed by atoms with Crippen LogP contribution in [0.15, 0.2) is 18.2 Å². The third-order valence-corrected chi connectivity index (χ3v) is 3.18. The van der Waals surface area contributed by atoms with Gasteiger partial charge in [-0.05, 0) is 37.3 Å². The summed E-state index contributed by atoms with van der Waals surface area (Å²) in [5.41, 5.74) is 8.24. The van der Waals surface area contributed by atoms with E-state index >= 15 is 0 Å². The van der Waals surface area contributed by atoms with Crippen LogP contribution in [0.3, 0.4) is 0 Å². The summed E-state index contributed by atoms with van der Waals surface area (Å²) in [5.74, 6) is -0.210. The molecule has 0 aliphatic heterocycles. The van der Waals surface area contributed by atoms with Crippen molar-refractivity contribution in [2.45, 2.75) is 46.8 Å². The third-order valence-electron chi connectivity index (χ3n) is 3.18. The molecule has 0 heterocycles. The van der Waals surface area contributed by atoms with Gasteiger partial charge in [-0.1, -0.05) is 37.6 Å². The average Bonchev–Trinajstić information content (AvgIpc) is 2.37. The molecule has 116 valence electrons. The quantitative estimate of drug-likeness (QED) is 0.790. The normalized spacial score (nSPS) is 12.0. The Kier molecular flexibility index (Phi) is 6.21. The fourth-order valence-corrected chi connectivity index (χ4v) is 2.06. The molecule has 1 aromatic rings. The van der Waals surface area contributed by atoms with Crippen LogP contribution in [0.4, 0.5) is 4.79 Å². The summed E-state index contributed by atoms with van der Waals surface area (Å²) in [6, 6.07) is 4.57. The maximum Gasteiger partial charge on any atom is 0.329 e. The fraction of sp³-hybridized carbons (Fsp3) is 0.500. The van der Waals surface area contributed by atoms with Gasteiger partial charge in [-0.15, -0.1) is 0 Å². The molecule has 3 N–H and O–H groups in total. The van der Waals surface area contributed by atoms with Gasteiger partial charge in [0.15, 0.2) is 0 Å². The van der Waals surface area contributed by atoms with Gasteiger partial charge < -0.3 is 15.8 Å². The van der Waals surface area contributed by atoms with Crippen molar-refractivity contribution in [3.05, 3.63) is 34.9 Å². The molecule has 1 aromatic carbocycles. The van der Waals surface area contributed by atoms with Gasteiger partial charge in [0.1, 0.15) is 12.6 Å². The number of rotatable bonds is 6. The average molecular weight is 292 g/mol. The van der Waals surface area contributed by atoms with E-state index in [4.69, 9.17) is 10.5 Å². The van der Waals surface area contributed by atoms with Gasteiger partial charge >= 0.3 is 12.0 Å².